The summed E-state index contributed by atoms with van der Waals surface area (Å²) in [5, 5.41) is 4.10. The van der Waals surface area contributed by atoms with Crippen LogP contribution in [-0.4, -0.2) is 11.0 Å². The van der Waals surface area contributed by atoms with Crippen molar-refractivity contribution in [3.8, 4) is 5.88 Å². The highest BCUT2D eigenvalue weighted by molar-refractivity contribution is 6.30. The van der Waals surface area contributed by atoms with E-state index < -0.39 is 0 Å². The second-order valence-corrected chi connectivity index (χ2v) is 5.35. The van der Waals surface area contributed by atoms with Gasteiger partial charge in [0, 0.05) is 29.4 Å². The summed E-state index contributed by atoms with van der Waals surface area (Å²) in [5.74, 6) is 0.676. The standard InChI is InChI=1S/C16H19ClN2O/c1-12(2)19-10-14-4-3-9-18-16(14)20-11-13-5-7-15(17)8-6-13/h3-9,12,19H,10-11H2,1-2H3. The molecule has 2 aromatic rings. The monoisotopic (exact) mass is 290 g/mol. The highest BCUT2D eigenvalue weighted by Crippen LogP contribution is 2.17. The third-order valence-corrected chi connectivity index (χ3v) is 3.09. The number of halogens is 1. The number of nitrogens with zero attached hydrogens (tertiary/aromatic N) is 1. The third kappa shape index (κ3) is 4.51. The molecule has 0 aliphatic carbocycles. The predicted octanol–water partition coefficient (Wildman–Crippen LogP) is 3.81. The summed E-state index contributed by atoms with van der Waals surface area (Å²) in [7, 11) is 0. The average Bonchev–Trinajstić information content (AvgIpc) is 2.45. The fourth-order valence-corrected chi connectivity index (χ4v) is 1.86. The van der Waals surface area contributed by atoms with Crippen LogP contribution in [0, 0.1) is 0 Å². The maximum Gasteiger partial charge on any atom is 0.218 e. The summed E-state index contributed by atoms with van der Waals surface area (Å²) in [5.41, 5.74) is 2.14. The first-order valence-corrected chi connectivity index (χ1v) is 7.07. The lowest BCUT2D eigenvalue weighted by Gasteiger charge is -2.12. The van der Waals surface area contributed by atoms with E-state index in [4.69, 9.17) is 16.3 Å². The van der Waals surface area contributed by atoms with Crippen LogP contribution in [0.4, 0.5) is 0 Å². The normalized spacial score (nSPS) is 10.8. The Balaban J connectivity index is 1.99. The van der Waals surface area contributed by atoms with E-state index in [1.807, 2.05) is 36.4 Å². The average molecular weight is 291 g/mol. The fraction of sp³-hybridized carbons (Fsp3) is 0.312. The van der Waals surface area contributed by atoms with Crippen molar-refractivity contribution >= 4 is 11.6 Å². The minimum Gasteiger partial charge on any atom is -0.473 e. The highest BCUT2D eigenvalue weighted by Gasteiger charge is 2.05. The van der Waals surface area contributed by atoms with E-state index in [-0.39, 0.29) is 0 Å². The van der Waals surface area contributed by atoms with Crippen molar-refractivity contribution < 1.29 is 4.74 Å². The van der Waals surface area contributed by atoms with Crippen LogP contribution in [0.15, 0.2) is 42.6 Å². The Morgan fingerprint density at radius 2 is 1.95 bits per heavy atom. The molecule has 0 saturated carbocycles. The maximum atomic E-state index is 5.86. The molecule has 0 fully saturated rings. The van der Waals surface area contributed by atoms with Crippen LogP contribution in [0.5, 0.6) is 5.88 Å². The van der Waals surface area contributed by atoms with Crippen LogP contribution < -0.4 is 10.1 Å². The van der Waals surface area contributed by atoms with Gasteiger partial charge in [0.2, 0.25) is 5.88 Å². The molecule has 0 bridgehead atoms. The summed E-state index contributed by atoms with van der Waals surface area (Å²) < 4.78 is 5.80. The van der Waals surface area contributed by atoms with E-state index >= 15 is 0 Å². The van der Waals surface area contributed by atoms with Gasteiger partial charge in [0.15, 0.2) is 0 Å². The lowest BCUT2D eigenvalue weighted by atomic mass is 10.2. The summed E-state index contributed by atoms with van der Waals surface area (Å²) in [4.78, 5) is 4.30. The molecular weight excluding hydrogens is 272 g/mol. The first kappa shape index (κ1) is 14.8. The minimum atomic E-state index is 0.430. The molecule has 0 aliphatic rings. The van der Waals surface area contributed by atoms with Gasteiger partial charge in [-0.3, -0.25) is 0 Å². The highest BCUT2D eigenvalue weighted by atomic mass is 35.5. The number of hydrogen-bond donors (Lipinski definition) is 1. The Labute approximate surface area is 124 Å². The van der Waals surface area contributed by atoms with Gasteiger partial charge >= 0.3 is 0 Å². The smallest absolute Gasteiger partial charge is 0.218 e. The SMILES string of the molecule is CC(C)NCc1cccnc1OCc1ccc(Cl)cc1. The van der Waals surface area contributed by atoms with Crippen molar-refractivity contribution in [2.75, 3.05) is 0 Å². The number of rotatable bonds is 6. The molecule has 1 N–H and O–H groups in total. The number of ether oxygens (including phenoxy) is 1. The molecule has 106 valence electrons. The van der Waals surface area contributed by atoms with Crippen molar-refractivity contribution in [1.29, 1.82) is 0 Å². The fourth-order valence-electron chi connectivity index (χ4n) is 1.74. The summed E-state index contributed by atoms with van der Waals surface area (Å²) in [6.45, 7) is 5.47. The molecule has 0 amide bonds. The summed E-state index contributed by atoms with van der Waals surface area (Å²) in [6.07, 6.45) is 1.75. The Hall–Kier alpha value is -1.58. The van der Waals surface area contributed by atoms with E-state index in [0.29, 0.717) is 18.5 Å². The van der Waals surface area contributed by atoms with Crippen LogP contribution in [0.2, 0.25) is 5.02 Å². The molecule has 0 saturated heterocycles. The van der Waals surface area contributed by atoms with Crippen molar-refractivity contribution in [1.82, 2.24) is 10.3 Å². The van der Waals surface area contributed by atoms with E-state index in [2.05, 4.69) is 24.1 Å². The number of benzene rings is 1. The van der Waals surface area contributed by atoms with Crippen LogP contribution in [0.1, 0.15) is 25.0 Å². The molecule has 3 nitrogen and oxygen atoms in total. The molecule has 1 aromatic heterocycles. The van der Waals surface area contributed by atoms with Crippen LogP contribution in [0.25, 0.3) is 0 Å². The number of aromatic nitrogens is 1. The summed E-state index contributed by atoms with van der Waals surface area (Å²) in [6, 6.07) is 12.0. The molecule has 4 heteroatoms. The van der Waals surface area contributed by atoms with Crippen molar-refractivity contribution in [3.05, 3.63) is 58.7 Å². The molecule has 0 spiro atoms. The zero-order chi connectivity index (χ0) is 14.4. The van der Waals surface area contributed by atoms with Crippen LogP contribution in [-0.2, 0) is 13.2 Å². The Morgan fingerprint density at radius 3 is 2.65 bits per heavy atom. The zero-order valence-electron chi connectivity index (χ0n) is 11.8. The number of nitrogens with one attached hydrogen (secondary N) is 1. The van der Waals surface area contributed by atoms with Crippen LogP contribution >= 0.6 is 11.6 Å². The first-order chi connectivity index (χ1) is 9.65. The van der Waals surface area contributed by atoms with Crippen molar-refractivity contribution in [2.45, 2.75) is 33.0 Å². The summed E-state index contributed by atoms with van der Waals surface area (Å²) >= 11 is 5.86. The van der Waals surface area contributed by atoms with Gasteiger partial charge in [-0.1, -0.05) is 43.6 Å². The van der Waals surface area contributed by atoms with E-state index in [0.717, 1.165) is 22.7 Å². The van der Waals surface area contributed by atoms with Gasteiger partial charge in [0.1, 0.15) is 6.61 Å². The van der Waals surface area contributed by atoms with Crippen molar-refractivity contribution in [2.24, 2.45) is 0 Å². The molecular formula is C16H19ClN2O. The number of hydrogen-bond acceptors (Lipinski definition) is 3. The van der Waals surface area contributed by atoms with Gasteiger partial charge in [-0.2, -0.15) is 0 Å². The van der Waals surface area contributed by atoms with Gasteiger partial charge in [-0.05, 0) is 23.8 Å². The Morgan fingerprint density at radius 1 is 1.20 bits per heavy atom. The van der Waals surface area contributed by atoms with Crippen molar-refractivity contribution in [3.63, 3.8) is 0 Å². The lowest BCUT2D eigenvalue weighted by Crippen LogP contribution is -2.22. The molecule has 20 heavy (non-hydrogen) atoms. The van der Waals surface area contributed by atoms with Gasteiger partial charge < -0.3 is 10.1 Å². The maximum absolute atomic E-state index is 5.86. The number of pyridine rings is 1. The third-order valence-electron chi connectivity index (χ3n) is 2.84. The predicted molar refractivity (Wildman–Crippen MR) is 82.0 cm³/mol. The Bertz CT molecular complexity index is 540. The molecule has 0 unspecified atom stereocenters. The quantitative estimate of drug-likeness (QED) is 0.878. The zero-order valence-corrected chi connectivity index (χ0v) is 12.5. The van der Waals surface area contributed by atoms with E-state index in [9.17, 15) is 0 Å². The molecule has 0 radical (unpaired) electrons. The van der Waals surface area contributed by atoms with Gasteiger partial charge in [-0.15, -0.1) is 0 Å². The van der Waals surface area contributed by atoms with E-state index in [1.165, 1.54) is 0 Å². The van der Waals surface area contributed by atoms with E-state index in [1.54, 1.807) is 6.20 Å². The topological polar surface area (TPSA) is 34.2 Å². The molecule has 1 aromatic carbocycles. The second kappa shape index (κ2) is 7.27. The molecule has 0 aliphatic heterocycles. The second-order valence-electron chi connectivity index (χ2n) is 4.92. The van der Waals surface area contributed by atoms with Gasteiger partial charge in [-0.25, -0.2) is 4.98 Å². The van der Waals surface area contributed by atoms with Gasteiger partial charge in [0.05, 0.1) is 0 Å². The van der Waals surface area contributed by atoms with Gasteiger partial charge in [0.25, 0.3) is 0 Å². The molecule has 0 atom stereocenters. The molecule has 2 rings (SSSR count). The van der Waals surface area contributed by atoms with Crippen LogP contribution in [0.3, 0.4) is 0 Å². The largest absolute Gasteiger partial charge is 0.473 e. The minimum absolute atomic E-state index is 0.430. The lowest BCUT2D eigenvalue weighted by molar-refractivity contribution is 0.289. The Kier molecular flexibility index (Phi) is 5.39. The first-order valence-electron chi connectivity index (χ1n) is 6.69. The molecule has 1 heterocycles.